The summed E-state index contributed by atoms with van der Waals surface area (Å²) in [7, 11) is 0. The number of unbranched alkanes of at least 4 members (excludes halogenated alkanes) is 11. The van der Waals surface area contributed by atoms with Gasteiger partial charge in [0.1, 0.15) is 31.0 Å². The minimum absolute atomic E-state index is 0.211. The van der Waals surface area contributed by atoms with Crippen LogP contribution in [-0.2, 0) is 28.5 Å². The summed E-state index contributed by atoms with van der Waals surface area (Å²) in [6.45, 7) is 3.21. The minimum Gasteiger partial charge on any atom is -0.462 e. The number of carbonyl (C=O) groups excluding carboxylic acids is 2. The number of hydrogen-bond donors (Lipinski definition) is 4. The van der Waals surface area contributed by atoms with Gasteiger partial charge in [-0.15, -0.1) is 0 Å². The van der Waals surface area contributed by atoms with Gasteiger partial charge in [0.2, 0.25) is 0 Å². The zero-order chi connectivity index (χ0) is 34.5. The van der Waals surface area contributed by atoms with Crippen LogP contribution in [0.2, 0.25) is 0 Å². The highest BCUT2D eigenvalue weighted by Crippen LogP contribution is 2.22. The summed E-state index contributed by atoms with van der Waals surface area (Å²) in [5, 5.41) is 39.8. The summed E-state index contributed by atoms with van der Waals surface area (Å²) >= 11 is 0. The number of rotatable bonds is 28. The topological polar surface area (TPSA) is 152 Å². The van der Waals surface area contributed by atoms with Crippen LogP contribution >= 0.6 is 0 Å². The fourth-order valence-electron chi connectivity index (χ4n) is 5.14. The molecule has 10 heteroatoms. The summed E-state index contributed by atoms with van der Waals surface area (Å²) in [5.74, 6) is -0.838. The molecule has 47 heavy (non-hydrogen) atoms. The molecule has 1 rings (SSSR count). The van der Waals surface area contributed by atoms with E-state index in [1.807, 2.05) is 0 Å². The van der Waals surface area contributed by atoms with Crippen LogP contribution in [0.5, 0.6) is 0 Å². The smallest absolute Gasteiger partial charge is 0.306 e. The molecule has 0 aliphatic carbocycles. The van der Waals surface area contributed by atoms with Crippen LogP contribution < -0.4 is 0 Å². The van der Waals surface area contributed by atoms with Gasteiger partial charge in [-0.05, 0) is 44.9 Å². The maximum Gasteiger partial charge on any atom is 0.306 e. The van der Waals surface area contributed by atoms with Gasteiger partial charge in [-0.3, -0.25) is 9.59 Å². The van der Waals surface area contributed by atoms with Crippen molar-refractivity contribution in [3.8, 4) is 0 Å². The first-order valence-electron chi connectivity index (χ1n) is 18.1. The Morgan fingerprint density at radius 3 is 1.89 bits per heavy atom. The molecule has 0 aromatic rings. The zero-order valence-electron chi connectivity index (χ0n) is 29.0. The molecule has 4 N–H and O–H groups in total. The van der Waals surface area contributed by atoms with Crippen LogP contribution in [0.1, 0.15) is 129 Å². The van der Waals surface area contributed by atoms with E-state index in [0.717, 1.165) is 77.0 Å². The Kier molecular flexibility index (Phi) is 26.4. The summed E-state index contributed by atoms with van der Waals surface area (Å²) < 4.78 is 21.9. The van der Waals surface area contributed by atoms with Gasteiger partial charge in [-0.2, -0.15) is 0 Å². The second-order valence-corrected chi connectivity index (χ2v) is 12.3. The van der Waals surface area contributed by atoms with Crippen molar-refractivity contribution >= 4 is 11.9 Å². The lowest BCUT2D eigenvalue weighted by Gasteiger charge is -2.39. The molecule has 6 atom stereocenters. The molecule has 1 saturated heterocycles. The van der Waals surface area contributed by atoms with Gasteiger partial charge in [0.05, 0.1) is 13.2 Å². The van der Waals surface area contributed by atoms with Crippen LogP contribution in [0.15, 0.2) is 36.5 Å². The van der Waals surface area contributed by atoms with Gasteiger partial charge < -0.3 is 39.4 Å². The van der Waals surface area contributed by atoms with Gasteiger partial charge in [0.25, 0.3) is 0 Å². The molecule has 1 heterocycles. The Labute approximate surface area is 283 Å². The lowest BCUT2D eigenvalue weighted by Crippen LogP contribution is -2.59. The highest BCUT2D eigenvalue weighted by Gasteiger charge is 2.44. The molecule has 0 radical (unpaired) electrons. The Balaban J connectivity index is 2.42. The average molecular weight is 669 g/mol. The van der Waals surface area contributed by atoms with Crippen molar-refractivity contribution in [2.45, 2.75) is 166 Å². The van der Waals surface area contributed by atoms with E-state index in [9.17, 15) is 30.0 Å². The Hall–Kier alpha value is -2.08. The normalized spacial score (nSPS) is 22.4. The van der Waals surface area contributed by atoms with E-state index < -0.39 is 55.4 Å². The van der Waals surface area contributed by atoms with Gasteiger partial charge >= 0.3 is 11.9 Å². The van der Waals surface area contributed by atoms with Crippen molar-refractivity contribution in [1.82, 2.24) is 0 Å². The van der Waals surface area contributed by atoms with E-state index in [4.69, 9.17) is 18.9 Å². The molecule has 0 aromatic carbocycles. The lowest BCUT2D eigenvalue weighted by molar-refractivity contribution is -0.305. The summed E-state index contributed by atoms with van der Waals surface area (Å²) in [4.78, 5) is 25.0. The summed E-state index contributed by atoms with van der Waals surface area (Å²) in [6.07, 6.45) is 21.8. The van der Waals surface area contributed by atoms with Crippen molar-refractivity contribution in [2.75, 3.05) is 19.8 Å². The molecule has 0 spiro atoms. The predicted octanol–water partition coefficient (Wildman–Crippen LogP) is 5.99. The Morgan fingerprint density at radius 2 is 1.26 bits per heavy atom. The molecule has 6 unspecified atom stereocenters. The SMILES string of the molecule is CC/C=C\C/C=C\C/C=C\CCCCCCCC(=O)OC(COC(=O)CCCCCCCCC)COC1OC(CO)C(O)C(O)C1O. The third-order valence-corrected chi connectivity index (χ3v) is 8.04. The van der Waals surface area contributed by atoms with Crippen LogP contribution in [0.25, 0.3) is 0 Å². The Bertz CT molecular complexity index is 871. The molecule has 0 aromatic heterocycles. The molecule has 272 valence electrons. The standard InChI is InChI=1S/C37H64O10/c1-3-5-7-9-11-12-13-14-15-16-17-18-20-22-24-26-33(40)46-30(28-44-32(39)25-23-21-19-10-8-6-4-2)29-45-37-36(43)35(42)34(41)31(27-38)47-37/h5,7,11-12,14-15,30-31,34-38,41-43H,3-4,6,8-10,13,16-29H2,1-2H3/b7-5-,12-11-,15-14-. The number of aliphatic hydroxyl groups excluding tert-OH is 4. The third-order valence-electron chi connectivity index (χ3n) is 8.04. The number of allylic oxidation sites excluding steroid dienone is 6. The number of aliphatic hydroxyl groups is 4. The highest BCUT2D eigenvalue weighted by atomic mass is 16.7. The number of hydrogen-bond acceptors (Lipinski definition) is 10. The monoisotopic (exact) mass is 668 g/mol. The van der Waals surface area contributed by atoms with Crippen LogP contribution in [-0.4, -0.2) is 89.0 Å². The van der Waals surface area contributed by atoms with E-state index in [1.54, 1.807) is 0 Å². The number of ether oxygens (including phenoxy) is 4. The van der Waals surface area contributed by atoms with E-state index in [1.165, 1.54) is 19.3 Å². The number of esters is 2. The quantitative estimate of drug-likeness (QED) is 0.0445. The summed E-state index contributed by atoms with van der Waals surface area (Å²) in [6, 6.07) is 0. The van der Waals surface area contributed by atoms with Crippen molar-refractivity contribution in [2.24, 2.45) is 0 Å². The maximum atomic E-state index is 12.6. The third kappa shape index (κ3) is 21.5. The van der Waals surface area contributed by atoms with Gasteiger partial charge in [-0.25, -0.2) is 0 Å². The first kappa shape index (κ1) is 42.9. The summed E-state index contributed by atoms with van der Waals surface area (Å²) in [5.41, 5.74) is 0. The van der Waals surface area contributed by atoms with E-state index in [2.05, 4.69) is 50.3 Å². The molecule has 0 amide bonds. The van der Waals surface area contributed by atoms with E-state index >= 15 is 0 Å². The second-order valence-electron chi connectivity index (χ2n) is 12.3. The average Bonchev–Trinajstić information content (AvgIpc) is 3.06. The van der Waals surface area contributed by atoms with Crippen LogP contribution in [0.3, 0.4) is 0 Å². The fraction of sp³-hybridized carbons (Fsp3) is 0.784. The predicted molar refractivity (Wildman–Crippen MR) is 182 cm³/mol. The highest BCUT2D eigenvalue weighted by molar-refractivity contribution is 5.70. The van der Waals surface area contributed by atoms with Crippen LogP contribution in [0.4, 0.5) is 0 Å². The second kappa shape index (κ2) is 28.9. The van der Waals surface area contributed by atoms with Gasteiger partial charge in [-0.1, -0.05) is 108 Å². The molecule has 1 fully saturated rings. The first-order chi connectivity index (χ1) is 22.8. The van der Waals surface area contributed by atoms with E-state index in [0.29, 0.717) is 6.42 Å². The zero-order valence-corrected chi connectivity index (χ0v) is 29.0. The molecule has 1 aliphatic heterocycles. The molecular formula is C37H64O10. The minimum atomic E-state index is -1.59. The molecular weight excluding hydrogens is 604 g/mol. The fourth-order valence-corrected chi connectivity index (χ4v) is 5.14. The molecule has 0 bridgehead atoms. The Morgan fingerprint density at radius 1 is 0.681 bits per heavy atom. The molecule has 1 aliphatic rings. The van der Waals surface area contributed by atoms with E-state index in [-0.39, 0.29) is 26.1 Å². The van der Waals surface area contributed by atoms with Crippen molar-refractivity contribution in [3.05, 3.63) is 36.5 Å². The van der Waals surface area contributed by atoms with Gasteiger partial charge in [0.15, 0.2) is 12.4 Å². The molecule has 0 saturated carbocycles. The van der Waals surface area contributed by atoms with Crippen molar-refractivity contribution in [3.63, 3.8) is 0 Å². The van der Waals surface area contributed by atoms with Crippen LogP contribution in [0, 0.1) is 0 Å². The number of carbonyl (C=O) groups is 2. The molecule has 10 nitrogen and oxygen atoms in total. The lowest BCUT2D eigenvalue weighted by atomic mass is 9.99. The maximum absolute atomic E-state index is 12.6. The first-order valence-corrected chi connectivity index (χ1v) is 18.1. The van der Waals surface area contributed by atoms with Gasteiger partial charge in [0, 0.05) is 12.8 Å². The largest absolute Gasteiger partial charge is 0.462 e. The van der Waals surface area contributed by atoms with Crippen molar-refractivity contribution < 1.29 is 49.0 Å². The van der Waals surface area contributed by atoms with Crippen molar-refractivity contribution in [1.29, 1.82) is 0 Å².